The van der Waals surface area contributed by atoms with Gasteiger partial charge in [0.2, 0.25) is 0 Å². The minimum atomic E-state index is -0.807. The molecule has 0 saturated carbocycles. The number of hydrogen-bond donors (Lipinski definition) is 3. The Kier molecular flexibility index (Phi) is 4.96. The lowest BCUT2D eigenvalue weighted by atomic mass is 9.84. The molecular weight excluding hydrogens is 396 g/mol. The maximum Gasteiger partial charge on any atom is 0.181 e. The van der Waals surface area contributed by atoms with Gasteiger partial charge in [0.25, 0.3) is 0 Å². The minimum Gasteiger partial charge on any atom is -0.508 e. The van der Waals surface area contributed by atoms with E-state index < -0.39 is 11.5 Å². The molecule has 3 N–H and O–H groups in total. The molecule has 0 spiro atoms. The number of benzene rings is 2. The molecule has 2 aromatic carbocycles. The largest absolute Gasteiger partial charge is 0.508 e. The Morgan fingerprint density at radius 3 is 2.61 bits per heavy atom. The van der Waals surface area contributed by atoms with E-state index in [4.69, 9.17) is 9.47 Å². The van der Waals surface area contributed by atoms with Crippen LogP contribution in [0.5, 0.6) is 28.7 Å². The SMILES string of the molecule is CC(C)=CCc1c(O)c2c(c3c1OC(C)(C)C=C3)OC[C@@H](c1ccc(O)cc1O)C2=O. The maximum absolute atomic E-state index is 13.5. The number of ether oxygens (including phenoxy) is 2. The van der Waals surface area contributed by atoms with Gasteiger partial charge in [-0.05, 0) is 52.3 Å². The summed E-state index contributed by atoms with van der Waals surface area (Å²) in [6.07, 6.45) is 6.13. The van der Waals surface area contributed by atoms with Crippen molar-refractivity contribution in [3.05, 3.63) is 58.2 Å². The van der Waals surface area contributed by atoms with Crippen molar-refractivity contribution in [1.82, 2.24) is 0 Å². The van der Waals surface area contributed by atoms with E-state index in [1.165, 1.54) is 18.2 Å². The number of phenols is 3. The fourth-order valence-corrected chi connectivity index (χ4v) is 3.96. The average Bonchev–Trinajstić information content (AvgIpc) is 2.67. The minimum absolute atomic E-state index is 0.000594. The van der Waals surface area contributed by atoms with Crippen LogP contribution in [0.25, 0.3) is 6.08 Å². The van der Waals surface area contributed by atoms with Gasteiger partial charge in [-0.25, -0.2) is 0 Å². The fourth-order valence-electron chi connectivity index (χ4n) is 3.96. The average molecular weight is 422 g/mol. The highest BCUT2D eigenvalue weighted by atomic mass is 16.5. The number of carbonyl (C=O) groups is 1. The second-order valence-corrected chi connectivity index (χ2v) is 8.77. The van der Waals surface area contributed by atoms with E-state index in [2.05, 4.69) is 0 Å². The molecule has 0 aliphatic carbocycles. The second-order valence-electron chi connectivity index (χ2n) is 8.77. The molecule has 6 heteroatoms. The van der Waals surface area contributed by atoms with Crippen LogP contribution < -0.4 is 9.47 Å². The molecule has 2 aromatic rings. The summed E-state index contributed by atoms with van der Waals surface area (Å²) in [7, 11) is 0. The predicted octanol–water partition coefficient (Wildman–Crippen LogP) is 4.86. The Hall–Kier alpha value is -3.41. The number of hydrogen-bond acceptors (Lipinski definition) is 6. The first kappa shape index (κ1) is 20.8. The monoisotopic (exact) mass is 422 g/mol. The summed E-state index contributed by atoms with van der Waals surface area (Å²) in [4.78, 5) is 13.5. The van der Waals surface area contributed by atoms with Gasteiger partial charge < -0.3 is 24.8 Å². The number of Topliss-reactive ketones (excluding diaryl/α,β-unsaturated/α-hetero) is 1. The number of fused-ring (bicyclic) bond motifs is 3. The lowest BCUT2D eigenvalue weighted by Gasteiger charge is -2.34. The fraction of sp³-hybridized carbons (Fsp3) is 0.320. The Labute approximate surface area is 181 Å². The maximum atomic E-state index is 13.5. The summed E-state index contributed by atoms with van der Waals surface area (Å²) < 4.78 is 12.1. The van der Waals surface area contributed by atoms with Crippen molar-refractivity contribution in [3.8, 4) is 28.7 Å². The molecule has 31 heavy (non-hydrogen) atoms. The van der Waals surface area contributed by atoms with Crippen molar-refractivity contribution in [2.24, 2.45) is 0 Å². The molecule has 0 amide bonds. The van der Waals surface area contributed by atoms with Crippen LogP contribution in [0.15, 0.2) is 35.9 Å². The highest BCUT2D eigenvalue weighted by molar-refractivity contribution is 6.08. The van der Waals surface area contributed by atoms with E-state index in [0.717, 1.165) is 5.57 Å². The number of ketones is 1. The van der Waals surface area contributed by atoms with Crippen molar-refractivity contribution >= 4 is 11.9 Å². The van der Waals surface area contributed by atoms with Crippen molar-refractivity contribution in [1.29, 1.82) is 0 Å². The van der Waals surface area contributed by atoms with Gasteiger partial charge in [-0.3, -0.25) is 4.79 Å². The van der Waals surface area contributed by atoms with Crippen molar-refractivity contribution in [2.45, 2.75) is 45.6 Å². The van der Waals surface area contributed by atoms with Crippen molar-refractivity contribution in [2.75, 3.05) is 6.61 Å². The summed E-state index contributed by atoms with van der Waals surface area (Å²) in [6, 6.07) is 4.08. The number of aromatic hydroxyl groups is 3. The van der Waals surface area contributed by atoms with Crippen LogP contribution in [0.2, 0.25) is 0 Å². The summed E-state index contributed by atoms with van der Waals surface area (Å²) in [6.45, 7) is 7.77. The van der Waals surface area contributed by atoms with Crippen LogP contribution in [0, 0.1) is 0 Å². The molecular formula is C25H26O6. The summed E-state index contributed by atoms with van der Waals surface area (Å²) in [5.41, 5.74) is 2.10. The van der Waals surface area contributed by atoms with Crippen LogP contribution in [0.4, 0.5) is 0 Å². The Morgan fingerprint density at radius 2 is 1.94 bits per heavy atom. The molecule has 4 rings (SSSR count). The molecule has 6 nitrogen and oxygen atoms in total. The predicted molar refractivity (Wildman–Crippen MR) is 117 cm³/mol. The molecule has 162 valence electrons. The lowest BCUT2D eigenvalue weighted by molar-refractivity contribution is 0.0887. The molecule has 2 aliphatic heterocycles. The summed E-state index contributed by atoms with van der Waals surface area (Å²) in [5.74, 6) is -0.809. The van der Waals surface area contributed by atoms with E-state index in [0.29, 0.717) is 34.6 Å². The van der Waals surface area contributed by atoms with Gasteiger partial charge in [0.05, 0.1) is 11.5 Å². The number of carbonyl (C=O) groups excluding carboxylic acids is 1. The van der Waals surface area contributed by atoms with Crippen LogP contribution in [0.1, 0.15) is 60.7 Å². The van der Waals surface area contributed by atoms with E-state index in [1.807, 2.05) is 45.9 Å². The highest BCUT2D eigenvalue weighted by Gasteiger charge is 2.39. The third-order valence-electron chi connectivity index (χ3n) is 5.59. The number of allylic oxidation sites excluding steroid dienone is 2. The Balaban J connectivity index is 1.89. The normalized spacial score (nSPS) is 18.5. The molecule has 0 aromatic heterocycles. The molecule has 0 bridgehead atoms. The zero-order valence-corrected chi connectivity index (χ0v) is 18.0. The number of phenolic OH excluding ortho intramolecular Hbond substituents is 3. The van der Waals surface area contributed by atoms with Crippen LogP contribution >= 0.6 is 0 Å². The van der Waals surface area contributed by atoms with Crippen molar-refractivity contribution < 1.29 is 29.6 Å². The first-order valence-electron chi connectivity index (χ1n) is 10.2. The van der Waals surface area contributed by atoms with Gasteiger partial charge in [-0.15, -0.1) is 0 Å². The molecule has 2 heterocycles. The van der Waals surface area contributed by atoms with Gasteiger partial charge in [-0.1, -0.05) is 17.7 Å². The standard InChI is InChI=1S/C25H26O6/c1-13(2)5-7-16-21(28)20-22(29)18(15-8-6-14(26)11-19(15)27)12-30-24(20)17-9-10-25(3,4)31-23(16)17/h5-6,8-11,18,26-28H,7,12H2,1-4H3/t18-/m0/s1. The molecule has 0 radical (unpaired) electrons. The zero-order valence-electron chi connectivity index (χ0n) is 18.0. The van der Waals surface area contributed by atoms with Crippen LogP contribution in [-0.4, -0.2) is 33.3 Å². The molecule has 0 unspecified atom stereocenters. The number of rotatable bonds is 3. The zero-order chi connectivity index (χ0) is 22.5. The Bertz CT molecular complexity index is 1140. The van der Waals surface area contributed by atoms with Gasteiger partial charge in [0, 0.05) is 17.2 Å². The van der Waals surface area contributed by atoms with E-state index >= 15 is 0 Å². The molecule has 1 atom stereocenters. The first-order chi connectivity index (χ1) is 14.6. The molecule has 0 fully saturated rings. The smallest absolute Gasteiger partial charge is 0.181 e. The quantitative estimate of drug-likeness (QED) is 0.612. The third-order valence-corrected chi connectivity index (χ3v) is 5.59. The van der Waals surface area contributed by atoms with E-state index in [9.17, 15) is 20.1 Å². The van der Waals surface area contributed by atoms with Gasteiger partial charge >= 0.3 is 0 Å². The highest BCUT2D eigenvalue weighted by Crippen LogP contribution is 2.51. The van der Waals surface area contributed by atoms with Gasteiger partial charge in [0.1, 0.15) is 46.5 Å². The second kappa shape index (κ2) is 7.38. The lowest BCUT2D eigenvalue weighted by Crippen LogP contribution is -2.31. The Morgan fingerprint density at radius 1 is 1.19 bits per heavy atom. The van der Waals surface area contributed by atoms with Crippen molar-refractivity contribution in [3.63, 3.8) is 0 Å². The summed E-state index contributed by atoms with van der Waals surface area (Å²) >= 11 is 0. The van der Waals surface area contributed by atoms with E-state index in [-0.39, 0.29) is 35.2 Å². The van der Waals surface area contributed by atoms with Crippen LogP contribution in [0.3, 0.4) is 0 Å². The van der Waals surface area contributed by atoms with Gasteiger partial charge in [-0.2, -0.15) is 0 Å². The molecule has 2 aliphatic rings. The molecule has 0 saturated heterocycles. The topological polar surface area (TPSA) is 96.2 Å². The van der Waals surface area contributed by atoms with E-state index in [1.54, 1.807) is 0 Å². The third kappa shape index (κ3) is 3.63. The first-order valence-corrected chi connectivity index (χ1v) is 10.2. The summed E-state index contributed by atoms with van der Waals surface area (Å²) in [5, 5.41) is 31.0. The van der Waals surface area contributed by atoms with Gasteiger partial charge in [0.15, 0.2) is 5.78 Å². The van der Waals surface area contributed by atoms with Crippen LogP contribution in [-0.2, 0) is 6.42 Å².